The number of benzene rings is 1. The van der Waals surface area contributed by atoms with Crippen molar-refractivity contribution in [3.8, 4) is 0 Å². The van der Waals surface area contributed by atoms with Crippen molar-refractivity contribution in [3.05, 3.63) is 45.6 Å². The van der Waals surface area contributed by atoms with Crippen molar-refractivity contribution in [2.24, 2.45) is 5.92 Å². The fourth-order valence-electron chi connectivity index (χ4n) is 4.88. The van der Waals surface area contributed by atoms with Crippen molar-refractivity contribution >= 4 is 22.6 Å². The SMILES string of the molecule is Cc1cc(F)cc2c(=O)[nH]c(CCC(=O)N3CCN(C(=O)C4CCCCC4)CC3)cc12. The lowest BCUT2D eigenvalue weighted by Crippen LogP contribution is -2.52. The van der Waals surface area contributed by atoms with Gasteiger partial charge in [-0.15, -0.1) is 0 Å². The smallest absolute Gasteiger partial charge is 0.256 e. The number of hydrogen-bond donors (Lipinski definition) is 1. The van der Waals surface area contributed by atoms with Gasteiger partial charge in [-0.1, -0.05) is 19.3 Å². The summed E-state index contributed by atoms with van der Waals surface area (Å²) in [6, 6.07) is 4.48. The molecule has 166 valence electrons. The van der Waals surface area contributed by atoms with Gasteiger partial charge >= 0.3 is 0 Å². The molecular weight excluding hydrogens is 397 g/mol. The predicted molar refractivity (Wildman–Crippen MR) is 117 cm³/mol. The third-order valence-electron chi connectivity index (χ3n) is 6.70. The van der Waals surface area contributed by atoms with Gasteiger partial charge in [-0.3, -0.25) is 14.4 Å². The second-order valence-corrected chi connectivity index (χ2v) is 8.85. The Labute approximate surface area is 181 Å². The van der Waals surface area contributed by atoms with Crippen molar-refractivity contribution in [3.63, 3.8) is 0 Å². The number of carbonyl (C=O) groups excluding carboxylic acids is 2. The molecule has 6 nitrogen and oxygen atoms in total. The fraction of sp³-hybridized carbons (Fsp3) is 0.542. The molecule has 0 bridgehead atoms. The van der Waals surface area contributed by atoms with Crippen LogP contribution in [0.2, 0.25) is 0 Å². The second kappa shape index (κ2) is 9.20. The Bertz CT molecular complexity index is 1030. The molecule has 7 heteroatoms. The minimum atomic E-state index is -0.431. The van der Waals surface area contributed by atoms with Crippen LogP contribution in [0.15, 0.2) is 23.0 Å². The lowest BCUT2D eigenvalue weighted by atomic mass is 9.88. The molecule has 1 saturated carbocycles. The van der Waals surface area contributed by atoms with Crippen LogP contribution in [0, 0.1) is 18.7 Å². The molecule has 1 aliphatic heterocycles. The van der Waals surface area contributed by atoms with Gasteiger partial charge in [-0.25, -0.2) is 4.39 Å². The monoisotopic (exact) mass is 427 g/mol. The van der Waals surface area contributed by atoms with Crippen molar-refractivity contribution in [2.75, 3.05) is 26.2 Å². The van der Waals surface area contributed by atoms with E-state index < -0.39 is 5.82 Å². The molecule has 2 heterocycles. The van der Waals surface area contributed by atoms with Crippen molar-refractivity contribution in [1.82, 2.24) is 14.8 Å². The largest absolute Gasteiger partial charge is 0.339 e. The summed E-state index contributed by atoms with van der Waals surface area (Å²) < 4.78 is 13.6. The number of halogens is 1. The number of H-pyrrole nitrogens is 1. The van der Waals surface area contributed by atoms with Gasteiger partial charge in [0, 0.05) is 44.2 Å². The first kappa shape index (κ1) is 21.5. The number of rotatable bonds is 4. The van der Waals surface area contributed by atoms with E-state index in [9.17, 15) is 18.8 Å². The fourth-order valence-corrected chi connectivity index (χ4v) is 4.88. The molecule has 2 aromatic rings. The summed E-state index contributed by atoms with van der Waals surface area (Å²) in [5.41, 5.74) is 1.04. The zero-order valence-electron chi connectivity index (χ0n) is 18.1. The highest BCUT2D eigenvalue weighted by atomic mass is 19.1. The van der Waals surface area contributed by atoms with Crippen LogP contribution in [0.4, 0.5) is 4.39 Å². The third kappa shape index (κ3) is 4.81. The van der Waals surface area contributed by atoms with Gasteiger partial charge in [0.25, 0.3) is 5.56 Å². The number of carbonyl (C=O) groups is 2. The van der Waals surface area contributed by atoms with Crippen LogP contribution < -0.4 is 5.56 Å². The van der Waals surface area contributed by atoms with E-state index in [1.54, 1.807) is 6.92 Å². The Kier molecular flexibility index (Phi) is 6.39. The van der Waals surface area contributed by atoms with Crippen LogP contribution in [0.1, 0.15) is 49.8 Å². The van der Waals surface area contributed by atoms with Gasteiger partial charge < -0.3 is 14.8 Å². The molecular formula is C24H30FN3O3. The number of aromatic nitrogens is 1. The summed E-state index contributed by atoms with van der Waals surface area (Å²) in [7, 11) is 0. The van der Waals surface area contributed by atoms with E-state index in [4.69, 9.17) is 0 Å². The zero-order valence-corrected chi connectivity index (χ0v) is 18.1. The number of piperazine rings is 1. The molecule has 0 unspecified atom stereocenters. The van der Waals surface area contributed by atoms with Crippen LogP contribution in [-0.2, 0) is 16.0 Å². The molecule has 0 spiro atoms. The minimum Gasteiger partial charge on any atom is -0.339 e. The summed E-state index contributed by atoms with van der Waals surface area (Å²) in [6.45, 7) is 4.08. The summed E-state index contributed by atoms with van der Waals surface area (Å²) in [4.78, 5) is 44.2. The molecule has 2 amide bonds. The predicted octanol–water partition coefficient (Wildman–Crippen LogP) is 3.16. The summed E-state index contributed by atoms with van der Waals surface area (Å²) in [5, 5.41) is 1.04. The van der Waals surface area contributed by atoms with Crippen molar-refractivity contribution in [2.45, 2.75) is 51.9 Å². The van der Waals surface area contributed by atoms with E-state index >= 15 is 0 Å². The van der Waals surface area contributed by atoms with E-state index in [1.807, 2.05) is 15.9 Å². The highest BCUT2D eigenvalue weighted by Crippen LogP contribution is 2.26. The van der Waals surface area contributed by atoms with E-state index in [0.29, 0.717) is 54.6 Å². The first-order valence-corrected chi connectivity index (χ1v) is 11.3. The zero-order chi connectivity index (χ0) is 22.0. The van der Waals surface area contributed by atoms with Crippen molar-refractivity contribution in [1.29, 1.82) is 0 Å². The molecule has 0 atom stereocenters. The van der Waals surface area contributed by atoms with Crippen LogP contribution >= 0.6 is 0 Å². The van der Waals surface area contributed by atoms with Gasteiger partial charge in [0.15, 0.2) is 0 Å². The summed E-state index contributed by atoms with van der Waals surface area (Å²) in [5.74, 6) is 0.0195. The van der Waals surface area contributed by atoms with Crippen LogP contribution in [0.25, 0.3) is 10.8 Å². The first-order chi connectivity index (χ1) is 14.9. The Morgan fingerprint density at radius 3 is 2.39 bits per heavy atom. The topological polar surface area (TPSA) is 73.5 Å². The molecule has 2 fully saturated rings. The number of aryl methyl sites for hydroxylation is 2. The number of fused-ring (bicyclic) bond motifs is 1. The third-order valence-corrected chi connectivity index (χ3v) is 6.70. The van der Waals surface area contributed by atoms with E-state index in [1.165, 1.54) is 18.6 Å². The maximum Gasteiger partial charge on any atom is 0.256 e. The maximum absolute atomic E-state index is 13.6. The lowest BCUT2D eigenvalue weighted by molar-refractivity contribution is -0.142. The average molecular weight is 428 g/mol. The molecule has 1 aliphatic carbocycles. The van der Waals surface area contributed by atoms with Gasteiger partial charge in [0.2, 0.25) is 11.8 Å². The van der Waals surface area contributed by atoms with Gasteiger partial charge in [0.05, 0.1) is 5.39 Å². The van der Waals surface area contributed by atoms with Gasteiger partial charge in [-0.2, -0.15) is 0 Å². The Morgan fingerprint density at radius 1 is 1.00 bits per heavy atom. The first-order valence-electron chi connectivity index (χ1n) is 11.3. The highest BCUT2D eigenvalue weighted by molar-refractivity contribution is 5.85. The molecule has 1 aromatic carbocycles. The van der Waals surface area contributed by atoms with Gasteiger partial charge in [-0.05, 0) is 55.3 Å². The average Bonchev–Trinajstić information content (AvgIpc) is 2.78. The molecule has 1 saturated heterocycles. The Hall–Kier alpha value is -2.70. The van der Waals surface area contributed by atoms with Crippen molar-refractivity contribution < 1.29 is 14.0 Å². The molecule has 1 N–H and O–H groups in total. The van der Waals surface area contributed by atoms with Crippen LogP contribution in [0.5, 0.6) is 0 Å². The summed E-state index contributed by atoms with van der Waals surface area (Å²) >= 11 is 0. The van der Waals surface area contributed by atoms with Crippen LogP contribution in [0.3, 0.4) is 0 Å². The van der Waals surface area contributed by atoms with Crippen LogP contribution in [-0.4, -0.2) is 52.8 Å². The van der Waals surface area contributed by atoms with E-state index in [0.717, 1.165) is 25.7 Å². The number of hydrogen-bond acceptors (Lipinski definition) is 3. The van der Waals surface area contributed by atoms with E-state index in [2.05, 4.69) is 4.98 Å². The standard InChI is InChI=1S/C24H30FN3O3/c1-16-13-18(25)14-21-20(16)15-19(26-23(21)30)7-8-22(29)27-9-11-28(12-10-27)24(31)17-5-3-2-4-6-17/h13-15,17H,2-12H2,1H3,(H,26,30). The van der Waals surface area contributed by atoms with E-state index in [-0.39, 0.29) is 29.7 Å². The maximum atomic E-state index is 13.6. The molecule has 2 aliphatic rings. The van der Waals surface area contributed by atoms with Gasteiger partial charge in [0.1, 0.15) is 5.82 Å². The second-order valence-electron chi connectivity index (χ2n) is 8.85. The quantitative estimate of drug-likeness (QED) is 0.815. The Morgan fingerprint density at radius 2 is 1.68 bits per heavy atom. The minimum absolute atomic E-state index is 0.0292. The number of pyridine rings is 1. The molecule has 0 radical (unpaired) electrons. The lowest BCUT2D eigenvalue weighted by Gasteiger charge is -2.37. The number of amides is 2. The normalized spacial score (nSPS) is 17.9. The molecule has 31 heavy (non-hydrogen) atoms. The molecule has 4 rings (SSSR count). The Balaban J connectivity index is 1.32. The molecule has 1 aromatic heterocycles. The number of aromatic amines is 1. The number of nitrogens with one attached hydrogen (secondary N) is 1. The highest BCUT2D eigenvalue weighted by Gasteiger charge is 2.29. The summed E-state index contributed by atoms with van der Waals surface area (Å²) in [6.07, 6.45) is 6.20. The number of nitrogens with zero attached hydrogens (tertiary/aromatic N) is 2.